The van der Waals surface area contributed by atoms with Crippen LogP contribution < -0.4 is 10.1 Å². The van der Waals surface area contributed by atoms with E-state index in [9.17, 15) is 0 Å². The summed E-state index contributed by atoms with van der Waals surface area (Å²) in [6.07, 6.45) is 0. The van der Waals surface area contributed by atoms with Gasteiger partial charge < -0.3 is 14.8 Å². The number of ether oxygens (including phenoxy) is 2. The first-order valence-electron chi connectivity index (χ1n) is 7.63. The second kappa shape index (κ2) is 7.29. The Bertz CT molecular complexity index is 592. The Balaban J connectivity index is 1.60. The first kappa shape index (κ1) is 14.9. The van der Waals surface area contributed by atoms with Gasteiger partial charge in [0.25, 0.3) is 0 Å². The maximum absolute atomic E-state index is 5.38. The molecular weight excluding hydrogens is 276 g/mol. The van der Waals surface area contributed by atoms with Crippen LogP contribution in [0.3, 0.4) is 0 Å². The summed E-state index contributed by atoms with van der Waals surface area (Å²) in [5.41, 5.74) is 3.44. The Morgan fingerprint density at radius 3 is 2.55 bits per heavy atom. The summed E-state index contributed by atoms with van der Waals surface area (Å²) in [7, 11) is 1.68. The average Bonchev–Trinajstić information content (AvgIpc) is 2.58. The summed E-state index contributed by atoms with van der Waals surface area (Å²) in [5.74, 6) is 0.855. The first-order chi connectivity index (χ1) is 10.8. The minimum atomic E-state index is 0.843. The summed E-state index contributed by atoms with van der Waals surface area (Å²) in [6.45, 7) is 4.71. The Hall–Kier alpha value is -2.04. The molecule has 2 aromatic rings. The normalized spacial score (nSPS) is 15.5. The van der Waals surface area contributed by atoms with E-state index in [2.05, 4.69) is 34.5 Å². The van der Waals surface area contributed by atoms with Gasteiger partial charge in [-0.15, -0.1) is 0 Å². The van der Waals surface area contributed by atoms with E-state index in [0.29, 0.717) is 0 Å². The molecule has 0 unspecified atom stereocenters. The molecule has 0 spiro atoms. The number of nitrogens with zero attached hydrogens (tertiary/aromatic N) is 1. The van der Waals surface area contributed by atoms with Crippen LogP contribution >= 0.6 is 0 Å². The molecule has 3 rings (SSSR count). The zero-order valence-electron chi connectivity index (χ0n) is 12.9. The van der Waals surface area contributed by atoms with Gasteiger partial charge in [0.15, 0.2) is 0 Å². The predicted octanol–water partition coefficient (Wildman–Crippen LogP) is 3.27. The van der Waals surface area contributed by atoms with Gasteiger partial charge in [-0.2, -0.15) is 0 Å². The number of rotatable bonds is 5. The monoisotopic (exact) mass is 298 g/mol. The van der Waals surface area contributed by atoms with Gasteiger partial charge in [-0.05, 0) is 29.8 Å². The summed E-state index contributed by atoms with van der Waals surface area (Å²) >= 11 is 0. The van der Waals surface area contributed by atoms with Gasteiger partial charge in [-0.25, -0.2) is 0 Å². The molecule has 4 nitrogen and oxygen atoms in total. The number of nitrogens with one attached hydrogen (secondary N) is 1. The number of hydrogen-bond donors (Lipinski definition) is 1. The third-order valence-corrected chi connectivity index (χ3v) is 3.82. The van der Waals surface area contributed by atoms with Crippen LogP contribution in [0.1, 0.15) is 5.56 Å². The third-order valence-electron chi connectivity index (χ3n) is 3.82. The van der Waals surface area contributed by atoms with E-state index in [1.807, 2.05) is 24.3 Å². The summed E-state index contributed by atoms with van der Waals surface area (Å²) < 4.78 is 10.6. The van der Waals surface area contributed by atoms with E-state index in [0.717, 1.165) is 50.0 Å². The van der Waals surface area contributed by atoms with E-state index < -0.39 is 0 Å². The lowest BCUT2D eigenvalue weighted by Crippen LogP contribution is -2.35. The molecular formula is C18H22N2O2. The van der Waals surface area contributed by atoms with Crippen molar-refractivity contribution in [2.24, 2.45) is 0 Å². The van der Waals surface area contributed by atoms with Crippen molar-refractivity contribution >= 4 is 11.4 Å². The largest absolute Gasteiger partial charge is 0.497 e. The summed E-state index contributed by atoms with van der Waals surface area (Å²) in [4.78, 5) is 2.42. The lowest BCUT2D eigenvalue weighted by Gasteiger charge is -2.26. The molecule has 0 saturated carbocycles. The van der Waals surface area contributed by atoms with Gasteiger partial charge in [-0.3, -0.25) is 4.90 Å². The molecule has 116 valence electrons. The van der Waals surface area contributed by atoms with Crippen LogP contribution in [0.15, 0.2) is 48.5 Å². The molecule has 1 aliphatic heterocycles. The fourth-order valence-electron chi connectivity index (χ4n) is 2.58. The molecule has 4 heteroatoms. The highest BCUT2D eigenvalue weighted by Gasteiger charge is 2.10. The highest BCUT2D eigenvalue weighted by atomic mass is 16.5. The van der Waals surface area contributed by atoms with Crippen LogP contribution in [0, 0.1) is 0 Å². The Morgan fingerprint density at radius 2 is 1.82 bits per heavy atom. The van der Waals surface area contributed by atoms with Gasteiger partial charge in [0.05, 0.1) is 20.3 Å². The molecule has 0 aliphatic carbocycles. The van der Waals surface area contributed by atoms with E-state index >= 15 is 0 Å². The van der Waals surface area contributed by atoms with E-state index in [1.54, 1.807) is 7.11 Å². The van der Waals surface area contributed by atoms with Crippen molar-refractivity contribution in [2.45, 2.75) is 6.54 Å². The predicted molar refractivity (Wildman–Crippen MR) is 88.8 cm³/mol. The van der Waals surface area contributed by atoms with E-state index in [1.165, 1.54) is 5.56 Å². The van der Waals surface area contributed by atoms with Crippen LogP contribution in [0.2, 0.25) is 0 Å². The molecule has 1 heterocycles. The van der Waals surface area contributed by atoms with Crippen molar-refractivity contribution in [3.63, 3.8) is 0 Å². The second-order valence-corrected chi connectivity index (χ2v) is 5.44. The number of morpholine rings is 1. The zero-order chi connectivity index (χ0) is 15.2. The van der Waals surface area contributed by atoms with Crippen LogP contribution in [-0.2, 0) is 11.3 Å². The SMILES string of the molecule is COc1cccc(Nc2ccc(CN3CCOCC3)cc2)c1. The molecule has 0 radical (unpaired) electrons. The van der Waals surface area contributed by atoms with Gasteiger partial charge in [-0.1, -0.05) is 18.2 Å². The Labute approximate surface area is 131 Å². The molecule has 1 fully saturated rings. The highest BCUT2D eigenvalue weighted by molar-refractivity contribution is 5.61. The van der Waals surface area contributed by atoms with Crippen LogP contribution in [-0.4, -0.2) is 38.3 Å². The molecule has 0 aromatic heterocycles. The lowest BCUT2D eigenvalue weighted by molar-refractivity contribution is 0.0342. The van der Waals surface area contributed by atoms with Crippen LogP contribution in [0.5, 0.6) is 5.75 Å². The molecule has 1 saturated heterocycles. The average molecular weight is 298 g/mol. The Morgan fingerprint density at radius 1 is 1.05 bits per heavy atom. The van der Waals surface area contributed by atoms with Crippen molar-refractivity contribution in [1.29, 1.82) is 0 Å². The first-order valence-corrected chi connectivity index (χ1v) is 7.63. The smallest absolute Gasteiger partial charge is 0.120 e. The number of hydrogen-bond acceptors (Lipinski definition) is 4. The molecule has 1 N–H and O–H groups in total. The molecule has 0 bridgehead atoms. The van der Waals surface area contributed by atoms with Gasteiger partial charge in [0, 0.05) is 37.1 Å². The molecule has 2 aromatic carbocycles. The fourth-order valence-corrected chi connectivity index (χ4v) is 2.58. The summed E-state index contributed by atoms with van der Waals surface area (Å²) in [6, 6.07) is 16.5. The third kappa shape index (κ3) is 4.00. The van der Waals surface area contributed by atoms with Crippen LogP contribution in [0.4, 0.5) is 11.4 Å². The van der Waals surface area contributed by atoms with Crippen molar-refractivity contribution < 1.29 is 9.47 Å². The number of anilines is 2. The maximum Gasteiger partial charge on any atom is 0.120 e. The van der Waals surface area contributed by atoms with E-state index in [4.69, 9.17) is 9.47 Å². The second-order valence-electron chi connectivity index (χ2n) is 5.44. The molecule has 22 heavy (non-hydrogen) atoms. The maximum atomic E-state index is 5.38. The standard InChI is InChI=1S/C18H22N2O2/c1-21-18-4-2-3-17(13-18)19-16-7-5-15(6-8-16)14-20-9-11-22-12-10-20/h2-8,13,19H,9-12,14H2,1H3. The van der Waals surface area contributed by atoms with E-state index in [-0.39, 0.29) is 0 Å². The van der Waals surface area contributed by atoms with Crippen LogP contribution in [0.25, 0.3) is 0 Å². The van der Waals surface area contributed by atoms with Crippen molar-refractivity contribution in [2.75, 3.05) is 38.7 Å². The highest BCUT2D eigenvalue weighted by Crippen LogP contribution is 2.21. The zero-order valence-corrected chi connectivity index (χ0v) is 12.9. The molecule has 0 amide bonds. The van der Waals surface area contributed by atoms with Gasteiger partial charge >= 0.3 is 0 Å². The van der Waals surface area contributed by atoms with Crippen molar-refractivity contribution in [3.05, 3.63) is 54.1 Å². The van der Waals surface area contributed by atoms with Crippen molar-refractivity contribution in [1.82, 2.24) is 4.90 Å². The Kier molecular flexibility index (Phi) is 4.93. The number of benzene rings is 2. The number of methoxy groups -OCH3 is 1. The fraction of sp³-hybridized carbons (Fsp3) is 0.333. The topological polar surface area (TPSA) is 33.7 Å². The van der Waals surface area contributed by atoms with Crippen molar-refractivity contribution in [3.8, 4) is 5.75 Å². The van der Waals surface area contributed by atoms with Gasteiger partial charge in [0.2, 0.25) is 0 Å². The lowest BCUT2D eigenvalue weighted by atomic mass is 10.2. The quantitative estimate of drug-likeness (QED) is 0.918. The molecule has 1 aliphatic rings. The summed E-state index contributed by atoms with van der Waals surface area (Å²) in [5, 5.41) is 3.40. The molecule has 0 atom stereocenters. The minimum Gasteiger partial charge on any atom is -0.497 e. The minimum absolute atomic E-state index is 0.843. The van der Waals surface area contributed by atoms with Gasteiger partial charge in [0.1, 0.15) is 5.75 Å².